The first-order chi connectivity index (χ1) is 12.5. The summed E-state index contributed by atoms with van der Waals surface area (Å²) >= 11 is 0. The second-order valence-electron chi connectivity index (χ2n) is 8.05. The van der Waals surface area contributed by atoms with Gasteiger partial charge in [-0.25, -0.2) is 9.40 Å². The van der Waals surface area contributed by atoms with E-state index in [1.807, 2.05) is 9.91 Å². The fourth-order valence-electron chi connectivity index (χ4n) is 4.73. The summed E-state index contributed by atoms with van der Waals surface area (Å²) in [4.78, 5) is 14.8. The minimum Gasteiger partial charge on any atom is -0.369 e. The van der Waals surface area contributed by atoms with E-state index >= 15 is 0 Å². The predicted octanol–water partition coefficient (Wildman–Crippen LogP) is 1.97. The van der Waals surface area contributed by atoms with E-state index in [1.165, 1.54) is 6.07 Å². The Hall–Kier alpha value is -1.77. The van der Waals surface area contributed by atoms with Crippen molar-refractivity contribution in [3.63, 3.8) is 0 Å². The molecule has 7 nitrogen and oxygen atoms in total. The minimum atomic E-state index is -0.559. The molecule has 0 atom stereocenters. The third kappa shape index (κ3) is 3.28. The second-order valence-corrected chi connectivity index (χ2v) is 8.05. The number of nitrogens with two attached hydrogens (primary N) is 1. The minimum absolute atomic E-state index is 0.196. The Labute approximate surface area is 152 Å². The standard InChI is InChI=1S/C18H26FN5O2/c19-16-11-15(24(25)26)1-2-17(16)21-9-5-18(6-10-21)12-22(13-18)14-3-7-23(20)8-4-14/h1-2,11,14H,3-10,12-13,20H2. The molecule has 1 aromatic carbocycles. The van der Waals surface area contributed by atoms with Crippen molar-refractivity contribution in [3.05, 3.63) is 34.1 Å². The molecule has 1 aromatic rings. The molecule has 0 amide bonds. The smallest absolute Gasteiger partial charge is 0.272 e. The van der Waals surface area contributed by atoms with Crippen LogP contribution in [0.4, 0.5) is 15.8 Å². The van der Waals surface area contributed by atoms with Crippen LogP contribution in [0.15, 0.2) is 18.2 Å². The lowest BCUT2D eigenvalue weighted by atomic mass is 9.71. The van der Waals surface area contributed by atoms with E-state index in [2.05, 4.69) is 4.90 Å². The molecule has 0 bridgehead atoms. The number of hydrogen-bond donors (Lipinski definition) is 1. The molecule has 142 valence electrons. The van der Waals surface area contributed by atoms with Gasteiger partial charge in [0, 0.05) is 51.4 Å². The number of halogens is 1. The maximum Gasteiger partial charge on any atom is 0.272 e. The number of hydrazine groups is 1. The van der Waals surface area contributed by atoms with Crippen molar-refractivity contribution in [1.29, 1.82) is 0 Å². The van der Waals surface area contributed by atoms with Crippen LogP contribution in [0.3, 0.4) is 0 Å². The molecule has 3 aliphatic heterocycles. The van der Waals surface area contributed by atoms with Crippen LogP contribution in [0.1, 0.15) is 25.7 Å². The highest BCUT2D eigenvalue weighted by atomic mass is 19.1. The summed E-state index contributed by atoms with van der Waals surface area (Å²) in [7, 11) is 0. The van der Waals surface area contributed by atoms with Gasteiger partial charge in [0.15, 0.2) is 5.82 Å². The van der Waals surface area contributed by atoms with Crippen molar-refractivity contribution in [2.45, 2.75) is 31.7 Å². The third-order valence-electron chi connectivity index (χ3n) is 6.40. The number of anilines is 1. The lowest BCUT2D eigenvalue weighted by molar-refractivity contribution is -0.385. The molecule has 3 aliphatic rings. The molecule has 2 N–H and O–H groups in total. The summed E-state index contributed by atoms with van der Waals surface area (Å²) < 4.78 is 14.3. The first-order valence-electron chi connectivity index (χ1n) is 9.38. The van der Waals surface area contributed by atoms with E-state index in [4.69, 9.17) is 5.84 Å². The quantitative estimate of drug-likeness (QED) is 0.503. The summed E-state index contributed by atoms with van der Waals surface area (Å²) in [6, 6.07) is 4.61. The van der Waals surface area contributed by atoms with Crippen LogP contribution >= 0.6 is 0 Å². The lowest BCUT2D eigenvalue weighted by Gasteiger charge is -2.57. The molecule has 1 spiro atoms. The van der Waals surface area contributed by atoms with Crippen LogP contribution in [-0.4, -0.2) is 60.1 Å². The number of likely N-dealkylation sites (tertiary alicyclic amines) is 1. The monoisotopic (exact) mass is 363 g/mol. The Morgan fingerprint density at radius 1 is 1.15 bits per heavy atom. The largest absolute Gasteiger partial charge is 0.369 e. The van der Waals surface area contributed by atoms with Crippen molar-refractivity contribution in [2.24, 2.45) is 11.3 Å². The van der Waals surface area contributed by atoms with Gasteiger partial charge in [-0.15, -0.1) is 0 Å². The maximum atomic E-state index is 14.3. The SMILES string of the molecule is NN1CCC(N2CC3(CCN(c4ccc([N+](=O)[O-])cc4F)CC3)C2)CC1. The first-order valence-corrected chi connectivity index (χ1v) is 9.38. The van der Waals surface area contributed by atoms with Crippen LogP contribution in [0.5, 0.6) is 0 Å². The van der Waals surface area contributed by atoms with Crippen LogP contribution in [0.2, 0.25) is 0 Å². The molecule has 3 saturated heterocycles. The van der Waals surface area contributed by atoms with Gasteiger partial charge >= 0.3 is 0 Å². The van der Waals surface area contributed by atoms with Gasteiger partial charge < -0.3 is 4.90 Å². The van der Waals surface area contributed by atoms with Crippen molar-refractivity contribution >= 4 is 11.4 Å². The summed E-state index contributed by atoms with van der Waals surface area (Å²) in [5.74, 6) is 5.34. The molecule has 4 rings (SSSR count). The van der Waals surface area contributed by atoms with Gasteiger partial charge in [0.1, 0.15) is 0 Å². The van der Waals surface area contributed by atoms with Crippen molar-refractivity contribution in [1.82, 2.24) is 9.91 Å². The molecular formula is C18H26FN5O2. The first kappa shape index (κ1) is 17.6. The predicted molar refractivity (Wildman–Crippen MR) is 97.3 cm³/mol. The zero-order valence-corrected chi connectivity index (χ0v) is 14.9. The Balaban J connectivity index is 1.32. The van der Waals surface area contributed by atoms with Crippen LogP contribution < -0.4 is 10.7 Å². The van der Waals surface area contributed by atoms with E-state index in [1.54, 1.807) is 6.07 Å². The topological polar surface area (TPSA) is 78.9 Å². The number of nitro groups is 1. The van der Waals surface area contributed by atoms with Gasteiger partial charge in [0.2, 0.25) is 0 Å². The highest BCUT2D eigenvalue weighted by Crippen LogP contribution is 2.43. The molecule has 0 saturated carbocycles. The van der Waals surface area contributed by atoms with Gasteiger partial charge in [0.25, 0.3) is 5.69 Å². The summed E-state index contributed by atoms with van der Waals surface area (Å²) in [5.41, 5.74) is 0.656. The van der Waals surface area contributed by atoms with Crippen LogP contribution in [0.25, 0.3) is 0 Å². The summed E-state index contributed by atoms with van der Waals surface area (Å²) in [6.07, 6.45) is 4.39. The molecule has 3 heterocycles. The number of nitrogens with zero attached hydrogens (tertiary/aromatic N) is 4. The third-order valence-corrected chi connectivity index (χ3v) is 6.40. The zero-order chi connectivity index (χ0) is 18.3. The lowest BCUT2D eigenvalue weighted by Crippen LogP contribution is -2.64. The van der Waals surface area contributed by atoms with Gasteiger partial charge in [-0.2, -0.15) is 0 Å². The van der Waals surface area contributed by atoms with E-state index in [9.17, 15) is 14.5 Å². The fourth-order valence-corrected chi connectivity index (χ4v) is 4.73. The van der Waals surface area contributed by atoms with Crippen molar-refractivity contribution in [3.8, 4) is 0 Å². The molecule has 0 unspecified atom stereocenters. The van der Waals surface area contributed by atoms with E-state index in [0.717, 1.165) is 71.0 Å². The molecule has 0 radical (unpaired) electrons. The Bertz CT molecular complexity index is 676. The zero-order valence-electron chi connectivity index (χ0n) is 14.9. The molecule has 0 aliphatic carbocycles. The van der Waals surface area contributed by atoms with Gasteiger partial charge in [-0.1, -0.05) is 0 Å². The molecule has 26 heavy (non-hydrogen) atoms. The second kappa shape index (κ2) is 6.75. The summed E-state index contributed by atoms with van der Waals surface area (Å²) in [5, 5.41) is 12.7. The molecule has 8 heteroatoms. The van der Waals surface area contributed by atoms with Crippen molar-refractivity contribution < 1.29 is 9.31 Å². The highest BCUT2D eigenvalue weighted by Gasteiger charge is 2.47. The number of hydrogen-bond acceptors (Lipinski definition) is 6. The molecule has 0 aromatic heterocycles. The van der Waals surface area contributed by atoms with Gasteiger partial charge in [-0.05, 0) is 37.2 Å². The van der Waals surface area contributed by atoms with E-state index in [0.29, 0.717) is 17.1 Å². The number of benzene rings is 1. The normalized spacial score (nSPS) is 24.6. The highest BCUT2D eigenvalue weighted by molar-refractivity contribution is 5.52. The number of rotatable bonds is 3. The Morgan fingerprint density at radius 2 is 1.81 bits per heavy atom. The molecular weight excluding hydrogens is 337 g/mol. The van der Waals surface area contributed by atoms with E-state index < -0.39 is 10.7 Å². The maximum absolute atomic E-state index is 14.3. The molecule has 3 fully saturated rings. The van der Waals surface area contributed by atoms with Crippen LogP contribution in [-0.2, 0) is 0 Å². The number of non-ortho nitro benzene ring substituents is 1. The number of nitro benzene ring substituents is 1. The van der Waals surface area contributed by atoms with Crippen LogP contribution in [0, 0.1) is 21.3 Å². The van der Waals surface area contributed by atoms with Gasteiger partial charge in [0.05, 0.1) is 16.7 Å². The summed E-state index contributed by atoms with van der Waals surface area (Å²) in [6.45, 7) is 5.84. The Kier molecular flexibility index (Phi) is 4.58. The number of piperidine rings is 2. The van der Waals surface area contributed by atoms with Crippen molar-refractivity contribution in [2.75, 3.05) is 44.2 Å². The van der Waals surface area contributed by atoms with E-state index in [-0.39, 0.29) is 5.69 Å². The average Bonchev–Trinajstić information content (AvgIpc) is 2.61. The van der Waals surface area contributed by atoms with Gasteiger partial charge in [-0.3, -0.25) is 20.9 Å². The average molecular weight is 363 g/mol. The fraction of sp³-hybridized carbons (Fsp3) is 0.667. The Morgan fingerprint density at radius 3 is 2.38 bits per heavy atom.